The number of nitrogens with zero attached hydrogens (tertiary/aromatic N) is 5. The minimum atomic E-state index is -0.189. The zero-order chi connectivity index (χ0) is 48.8. The van der Waals surface area contributed by atoms with E-state index < -0.39 is 0 Å². The SMILES string of the molecule is CC(C)(C)c1cc(Oc2ccc3c4ccccc4n(-c4cc(C(C)(C)C)ccn4)c3c2)cc(-n2[c-][n+](-c3cc(C(C)(C)C)cc(C(C)(C)C)c3)c(-c3cc(C(C)(C)C)cc(C(C)(C)C)c3)n2)c1. The zero-order valence-electron chi connectivity index (χ0n) is 43.6. The predicted molar refractivity (Wildman–Crippen MR) is 280 cm³/mol. The molecular formula is C61H73N5O. The molecule has 0 spiro atoms. The van der Waals surface area contributed by atoms with Crippen molar-refractivity contribution in [1.82, 2.24) is 19.3 Å². The molecule has 3 aromatic heterocycles. The van der Waals surface area contributed by atoms with Gasteiger partial charge in [0, 0.05) is 34.3 Å². The predicted octanol–water partition coefficient (Wildman–Crippen LogP) is 15.7. The Labute approximate surface area is 401 Å². The summed E-state index contributed by atoms with van der Waals surface area (Å²) in [5, 5.41) is 7.84. The molecule has 0 unspecified atom stereocenters. The Balaban J connectivity index is 1.33. The van der Waals surface area contributed by atoms with E-state index in [1.165, 1.54) is 33.2 Å². The van der Waals surface area contributed by atoms with Gasteiger partial charge in [0.15, 0.2) is 0 Å². The number of hydrogen-bond acceptors (Lipinski definition) is 3. The maximum Gasteiger partial charge on any atom is 0.231 e. The summed E-state index contributed by atoms with van der Waals surface area (Å²) >= 11 is 0. The lowest BCUT2D eigenvalue weighted by molar-refractivity contribution is -0.589. The number of benzene rings is 5. The lowest BCUT2D eigenvalue weighted by atomic mass is 9.79. The van der Waals surface area contributed by atoms with Crippen LogP contribution in [0.4, 0.5) is 0 Å². The van der Waals surface area contributed by atoms with E-state index >= 15 is 0 Å². The van der Waals surface area contributed by atoms with Gasteiger partial charge in [-0.15, -0.1) is 0 Å². The van der Waals surface area contributed by atoms with Crippen LogP contribution >= 0.6 is 0 Å². The third kappa shape index (κ3) is 9.73. The highest BCUT2D eigenvalue weighted by atomic mass is 16.5. The molecule has 0 aliphatic heterocycles. The van der Waals surface area contributed by atoms with Crippen LogP contribution in [0.15, 0.2) is 115 Å². The Hall–Kier alpha value is -6.01. The van der Waals surface area contributed by atoms with Crippen LogP contribution in [0.5, 0.6) is 11.5 Å². The molecule has 0 aliphatic rings. The summed E-state index contributed by atoms with van der Waals surface area (Å²) in [6.45, 7) is 40.9. The highest BCUT2D eigenvalue weighted by molar-refractivity contribution is 6.09. The molecule has 0 atom stereocenters. The number of pyridine rings is 1. The first-order valence-corrected chi connectivity index (χ1v) is 24.1. The molecule has 5 aromatic carbocycles. The Morgan fingerprint density at radius 1 is 0.463 bits per heavy atom. The van der Waals surface area contributed by atoms with Gasteiger partial charge >= 0.3 is 0 Å². The molecule has 8 rings (SSSR count). The van der Waals surface area contributed by atoms with Crippen LogP contribution in [0.1, 0.15) is 158 Å². The second-order valence-electron chi connectivity index (χ2n) is 25.0. The fraction of sp³-hybridized carbons (Fsp3) is 0.393. The van der Waals surface area contributed by atoms with Gasteiger partial charge in [-0.3, -0.25) is 4.57 Å². The number of hydrogen-bond donors (Lipinski definition) is 0. The molecule has 0 amide bonds. The fourth-order valence-electron chi connectivity index (χ4n) is 8.62. The first kappa shape index (κ1) is 47.5. The maximum absolute atomic E-state index is 6.97. The third-order valence-electron chi connectivity index (χ3n) is 13.2. The summed E-state index contributed by atoms with van der Waals surface area (Å²) in [6.07, 6.45) is 5.72. The Morgan fingerprint density at radius 2 is 0.985 bits per heavy atom. The summed E-state index contributed by atoms with van der Waals surface area (Å²) < 4.78 is 13.3. The number of fused-ring (bicyclic) bond motifs is 3. The summed E-state index contributed by atoms with van der Waals surface area (Å²) in [5.74, 6) is 3.18. The summed E-state index contributed by atoms with van der Waals surface area (Å²) in [7, 11) is 0. The van der Waals surface area contributed by atoms with Gasteiger partial charge in [0.05, 0.1) is 16.7 Å². The molecule has 0 fully saturated rings. The minimum absolute atomic E-state index is 0.0236. The molecule has 348 valence electrons. The van der Waals surface area contributed by atoms with Crippen molar-refractivity contribution in [2.45, 2.75) is 157 Å². The van der Waals surface area contributed by atoms with Gasteiger partial charge < -0.3 is 9.30 Å². The molecule has 67 heavy (non-hydrogen) atoms. The highest BCUT2D eigenvalue weighted by Crippen LogP contribution is 2.39. The summed E-state index contributed by atoms with van der Waals surface area (Å²) in [5.41, 5.74) is 12.0. The average molecular weight is 892 g/mol. The van der Waals surface area contributed by atoms with Crippen molar-refractivity contribution in [2.75, 3.05) is 0 Å². The quantitative estimate of drug-likeness (QED) is 0.123. The zero-order valence-corrected chi connectivity index (χ0v) is 43.6. The standard InChI is InChI=1S/C61H73N5O/c1-56(2,3)40-25-26-62-54(35-40)66-52-22-20-19-21-50(52)51-24-23-48(37-53(51)66)67-49-34-45(61(16,17)18)33-47(36-49)65-38-64(46-31-43(59(10,11)12)30-44(32-46)60(13,14)15)55(63-65)39-27-41(57(4,5)6)29-42(28-39)58(7,8)9/h19-37H,1-18H3. The Morgan fingerprint density at radius 3 is 1.55 bits per heavy atom. The molecule has 0 aliphatic carbocycles. The molecule has 0 saturated carbocycles. The number of rotatable bonds is 6. The molecule has 0 N–H and O–H groups in total. The van der Waals surface area contributed by atoms with Crippen molar-refractivity contribution < 1.29 is 9.30 Å². The highest BCUT2D eigenvalue weighted by Gasteiger charge is 2.27. The first-order chi connectivity index (χ1) is 30.9. The van der Waals surface area contributed by atoms with Crippen LogP contribution in [0.2, 0.25) is 0 Å². The van der Waals surface area contributed by atoms with Gasteiger partial charge in [-0.05, 0) is 113 Å². The van der Waals surface area contributed by atoms with Crippen LogP contribution in [-0.4, -0.2) is 19.3 Å². The molecule has 6 heteroatoms. The second kappa shape index (κ2) is 16.4. The number of para-hydroxylation sites is 1. The van der Waals surface area contributed by atoms with Crippen LogP contribution in [-0.2, 0) is 32.5 Å². The maximum atomic E-state index is 6.97. The van der Waals surface area contributed by atoms with E-state index in [0.29, 0.717) is 0 Å². The number of aromatic nitrogens is 5. The monoisotopic (exact) mass is 892 g/mol. The van der Waals surface area contributed by atoms with Crippen molar-refractivity contribution >= 4 is 21.8 Å². The lowest BCUT2D eigenvalue weighted by Gasteiger charge is -2.27. The van der Waals surface area contributed by atoms with Gasteiger partial charge in [-0.1, -0.05) is 185 Å². The van der Waals surface area contributed by atoms with Gasteiger partial charge in [-0.25, -0.2) is 4.98 Å². The molecule has 8 aromatic rings. The largest absolute Gasteiger partial charge is 0.458 e. The van der Waals surface area contributed by atoms with Gasteiger partial charge in [0.1, 0.15) is 17.3 Å². The average Bonchev–Trinajstić information content (AvgIpc) is 3.82. The molecule has 3 heterocycles. The Kier molecular flexibility index (Phi) is 11.6. The molecule has 0 radical (unpaired) electrons. The van der Waals surface area contributed by atoms with Crippen LogP contribution in [0.3, 0.4) is 0 Å². The van der Waals surface area contributed by atoms with Gasteiger partial charge in [-0.2, -0.15) is 4.68 Å². The first-order valence-electron chi connectivity index (χ1n) is 24.1. The normalized spacial score (nSPS) is 13.2. The molecule has 0 bridgehead atoms. The van der Waals surface area contributed by atoms with Crippen LogP contribution < -0.4 is 9.30 Å². The van der Waals surface area contributed by atoms with E-state index in [9.17, 15) is 0 Å². The fourth-order valence-corrected chi connectivity index (χ4v) is 8.62. The summed E-state index contributed by atoms with van der Waals surface area (Å²) in [4.78, 5) is 4.92. The lowest BCUT2D eigenvalue weighted by Crippen LogP contribution is -2.33. The van der Waals surface area contributed by atoms with E-state index in [4.69, 9.17) is 14.8 Å². The van der Waals surface area contributed by atoms with Gasteiger partial charge in [0.2, 0.25) is 12.2 Å². The summed E-state index contributed by atoms with van der Waals surface area (Å²) in [6, 6.07) is 39.9. The van der Waals surface area contributed by atoms with E-state index in [2.05, 4.69) is 249 Å². The Bertz CT molecular complexity index is 3000. The minimum Gasteiger partial charge on any atom is -0.458 e. The van der Waals surface area contributed by atoms with Crippen molar-refractivity contribution in [3.63, 3.8) is 0 Å². The van der Waals surface area contributed by atoms with E-state index in [1.807, 2.05) is 10.9 Å². The van der Waals surface area contributed by atoms with Crippen molar-refractivity contribution in [1.29, 1.82) is 0 Å². The second-order valence-corrected chi connectivity index (χ2v) is 25.0. The van der Waals surface area contributed by atoms with E-state index in [0.717, 1.165) is 62.1 Å². The van der Waals surface area contributed by atoms with Gasteiger partial charge in [0.25, 0.3) is 0 Å². The molecule has 0 saturated heterocycles. The van der Waals surface area contributed by atoms with Crippen molar-refractivity contribution in [3.8, 4) is 40.1 Å². The van der Waals surface area contributed by atoms with Crippen molar-refractivity contribution in [3.05, 3.63) is 155 Å². The van der Waals surface area contributed by atoms with Crippen LogP contribution in [0.25, 0.3) is 50.4 Å². The smallest absolute Gasteiger partial charge is 0.231 e. The van der Waals surface area contributed by atoms with Crippen LogP contribution in [0, 0.1) is 6.33 Å². The number of ether oxygens (including phenoxy) is 1. The topological polar surface area (TPSA) is 48.8 Å². The van der Waals surface area contributed by atoms with E-state index in [1.54, 1.807) is 0 Å². The van der Waals surface area contributed by atoms with E-state index in [-0.39, 0.29) is 32.5 Å². The molecular weight excluding hydrogens is 819 g/mol. The molecule has 6 nitrogen and oxygen atoms in total. The third-order valence-corrected chi connectivity index (χ3v) is 13.2. The van der Waals surface area contributed by atoms with Crippen molar-refractivity contribution in [2.24, 2.45) is 0 Å².